The highest BCUT2D eigenvalue weighted by molar-refractivity contribution is 5.81. The molecule has 138 valence electrons. The molecule has 2 heterocycles. The normalized spacial score (nSPS) is 19.9. The lowest BCUT2D eigenvalue weighted by molar-refractivity contribution is -0.127. The van der Waals surface area contributed by atoms with E-state index in [1.54, 1.807) is 23.0 Å². The van der Waals surface area contributed by atoms with Crippen LogP contribution < -0.4 is 10.6 Å². The van der Waals surface area contributed by atoms with Crippen molar-refractivity contribution < 1.29 is 14.0 Å². The third-order valence-electron chi connectivity index (χ3n) is 4.67. The Bertz CT molecular complexity index is 818. The van der Waals surface area contributed by atoms with Crippen LogP contribution in [-0.2, 0) is 22.6 Å². The minimum Gasteiger partial charge on any atom is -0.351 e. The quantitative estimate of drug-likeness (QED) is 0.859. The molecule has 1 aliphatic rings. The van der Waals surface area contributed by atoms with Gasteiger partial charge in [0.15, 0.2) is 0 Å². The average molecular weight is 358 g/mol. The lowest BCUT2D eigenvalue weighted by Gasteiger charge is -2.33. The lowest BCUT2D eigenvalue weighted by Crippen LogP contribution is -2.51. The smallest absolute Gasteiger partial charge is 0.224 e. The third-order valence-corrected chi connectivity index (χ3v) is 4.67. The number of hydrogen-bond donors (Lipinski definition) is 2. The van der Waals surface area contributed by atoms with Gasteiger partial charge in [-0.1, -0.05) is 17.7 Å². The lowest BCUT2D eigenvalue weighted by atomic mass is 9.94. The van der Waals surface area contributed by atoms with Crippen LogP contribution in [-0.4, -0.2) is 27.6 Å². The first-order valence-electron chi connectivity index (χ1n) is 8.83. The zero-order chi connectivity index (χ0) is 18.7. The Morgan fingerprint density at radius 1 is 1.42 bits per heavy atom. The van der Waals surface area contributed by atoms with E-state index in [0.29, 0.717) is 24.9 Å². The zero-order valence-electron chi connectivity index (χ0n) is 15.0. The summed E-state index contributed by atoms with van der Waals surface area (Å²) in [5.41, 5.74) is 2.13. The summed E-state index contributed by atoms with van der Waals surface area (Å²) in [6.45, 7) is 4.50. The number of halogens is 1. The number of nitrogens with one attached hydrogen (secondary N) is 2. The van der Waals surface area contributed by atoms with Crippen molar-refractivity contribution in [3.05, 3.63) is 53.1 Å². The van der Waals surface area contributed by atoms with E-state index in [4.69, 9.17) is 0 Å². The molecular weight excluding hydrogens is 335 g/mol. The average Bonchev–Trinajstić information content (AvgIpc) is 3.08. The molecule has 2 atom stereocenters. The molecule has 26 heavy (non-hydrogen) atoms. The molecule has 2 aromatic rings. The molecule has 1 fully saturated rings. The van der Waals surface area contributed by atoms with E-state index in [0.717, 1.165) is 11.3 Å². The molecule has 0 saturated carbocycles. The van der Waals surface area contributed by atoms with Crippen LogP contribution in [0.4, 0.5) is 4.39 Å². The first-order valence-corrected chi connectivity index (χ1v) is 8.83. The number of aromatic nitrogens is 2. The van der Waals surface area contributed by atoms with E-state index in [2.05, 4.69) is 15.7 Å². The van der Waals surface area contributed by atoms with E-state index in [1.165, 1.54) is 6.07 Å². The Kier molecular flexibility index (Phi) is 5.35. The van der Waals surface area contributed by atoms with Gasteiger partial charge in [-0.2, -0.15) is 5.10 Å². The second kappa shape index (κ2) is 7.68. The Morgan fingerprint density at radius 2 is 2.23 bits per heavy atom. The molecule has 2 unspecified atom stereocenters. The van der Waals surface area contributed by atoms with Crippen LogP contribution >= 0.6 is 0 Å². The van der Waals surface area contributed by atoms with Gasteiger partial charge in [0.25, 0.3) is 0 Å². The van der Waals surface area contributed by atoms with Crippen LogP contribution in [0.3, 0.4) is 0 Å². The number of amides is 2. The standard InChI is InChI=1S/C19H23FN4O2/c1-3-24-16(8-9-21-24)19-15(6-7-17(25)23-19)22-18(26)11-13-10-12(2)4-5-14(13)20/h4-5,8-10,15,19H,3,6-7,11H2,1-2H3,(H,22,26)(H,23,25). The van der Waals surface area contributed by atoms with E-state index in [9.17, 15) is 14.0 Å². The molecule has 0 bridgehead atoms. The number of nitrogens with zero attached hydrogens (tertiary/aromatic N) is 2. The largest absolute Gasteiger partial charge is 0.351 e. The second-order valence-corrected chi connectivity index (χ2v) is 6.60. The summed E-state index contributed by atoms with van der Waals surface area (Å²) < 4.78 is 15.7. The Hall–Kier alpha value is -2.70. The van der Waals surface area contributed by atoms with Crippen LogP contribution in [0.15, 0.2) is 30.5 Å². The summed E-state index contributed by atoms with van der Waals surface area (Å²) in [6.07, 6.45) is 2.53. The highest BCUT2D eigenvalue weighted by Gasteiger charge is 2.33. The van der Waals surface area contributed by atoms with Crippen molar-refractivity contribution in [1.29, 1.82) is 0 Å². The van der Waals surface area contributed by atoms with Crippen LogP contribution in [0, 0.1) is 12.7 Å². The van der Waals surface area contributed by atoms with Gasteiger partial charge in [0.1, 0.15) is 5.82 Å². The predicted molar refractivity (Wildman–Crippen MR) is 94.8 cm³/mol. The van der Waals surface area contributed by atoms with Crippen LogP contribution in [0.1, 0.15) is 42.6 Å². The molecule has 1 aliphatic heterocycles. The maximum Gasteiger partial charge on any atom is 0.224 e. The van der Waals surface area contributed by atoms with Gasteiger partial charge in [-0.15, -0.1) is 0 Å². The summed E-state index contributed by atoms with van der Waals surface area (Å²) in [4.78, 5) is 24.4. The maximum absolute atomic E-state index is 13.9. The molecule has 1 aromatic heterocycles. The second-order valence-electron chi connectivity index (χ2n) is 6.60. The molecule has 0 spiro atoms. The molecule has 7 heteroatoms. The van der Waals surface area contributed by atoms with Crippen molar-refractivity contribution in [1.82, 2.24) is 20.4 Å². The molecule has 1 aromatic carbocycles. The third kappa shape index (κ3) is 3.92. The molecular formula is C19H23FN4O2. The fourth-order valence-corrected chi connectivity index (χ4v) is 3.38. The summed E-state index contributed by atoms with van der Waals surface area (Å²) in [7, 11) is 0. The highest BCUT2D eigenvalue weighted by atomic mass is 19.1. The minimum atomic E-state index is -0.386. The van der Waals surface area contributed by atoms with Crippen molar-refractivity contribution in [3.63, 3.8) is 0 Å². The van der Waals surface area contributed by atoms with Crippen LogP contribution in [0.2, 0.25) is 0 Å². The van der Waals surface area contributed by atoms with Crippen molar-refractivity contribution in [2.75, 3.05) is 0 Å². The number of carbonyl (C=O) groups excluding carboxylic acids is 2. The summed E-state index contributed by atoms with van der Waals surface area (Å²) in [6, 6.07) is 5.98. The van der Waals surface area contributed by atoms with E-state index in [-0.39, 0.29) is 36.1 Å². The van der Waals surface area contributed by atoms with Gasteiger partial charge in [0, 0.05) is 19.2 Å². The number of aryl methyl sites for hydroxylation is 2. The number of hydrogen-bond acceptors (Lipinski definition) is 3. The van der Waals surface area contributed by atoms with Crippen LogP contribution in [0.5, 0.6) is 0 Å². The molecule has 1 saturated heterocycles. The summed E-state index contributed by atoms with van der Waals surface area (Å²) in [5.74, 6) is -0.694. The van der Waals surface area contributed by atoms with Gasteiger partial charge in [-0.25, -0.2) is 4.39 Å². The first kappa shape index (κ1) is 18.1. The van der Waals surface area contributed by atoms with Gasteiger partial charge in [-0.05, 0) is 38.0 Å². The van der Waals surface area contributed by atoms with Gasteiger partial charge in [-0.3, -0.25) is 14.3 Å². The molecule has 6 nitrogen and oxygen atoms in total. The van der Waals surface area contributed by atoms with E-state index < -0.39 is 0 Å². The molecule has 2 N–H and O–H groups in total. The van der Waals surface area contributed by atoms with E-state index >= 15 is 0 Å². The Morgan fingerprint density at radius 3 is 3.00 bits per heavy atom. The topological polar surface area (TPSA) is 76.0 Å². The van der Waals surface area contributed by atoms with Crippen LogP contribution in [0.25, 0.3) is 0 Å². The Balaban J connectivity index is 1.74. The van der Waals surface area contributed by atoms with Crippen molar-refractivity contribution in [2.24, 2.45) is 0 Å². The Labute approximate surface area is 151 Å². The number of carbonyl (C=O) groups is 2. The first-order chi connectivity index (χ1) is 12.5. The van der Waals surface area contributed by atoms with Crippen molar-refractivity contribution in [2.45, 2.75) is 51.7 Å². The van der Waals surface area contributed by atoms with Gasteiger partial charge >= 0.3 is 0 Å². The number of benzene rings is 1. The predicted octanol–water partition coefficient (Wildman–Crippen LogP) is 2.03. The summed E-state index contributed by atoms with van der Waals surface area (Å²) >= 11 is 0. The fourth-order valence-electron chi connectivity index (χ4n) is 3.38. The van der Waals surface area contributed by atoms with E-state index in [1.807, 2.05) is 19.9 Å². The fraction of sp³-hybridized carbons (Fsp3) is 0.421. The number of piperidine rings is 1. The summed E-state index contributed by atoms with van der Waals surface area (Å²) in [5, 5.41) is 10.1. The molecule has 3 rings (SSSR count). The highest BCUT2D eigenvalue weighted by Crippen LogP contribution is 2.24. The van der Waals surface area contributed by atoms with Gasteiger partial charge in [0.2, 0.25) is 11.8 Å². The zero-order valence-corrected chi connectivity index (χ0v) is 15.0. The maximum atomic E-state index is 13.9. The van der Waals surface area contributed by atoms with Gasteiger partial charge in [0.05, 0.1) is 24.2 Å². The minimum absolute atomic E-state index is 0.0300. The monoisotopic (exact) mass is 358 g/mol. The van der Waals surface area contributed by atoms with Crippen molar-refractivity contribution in [3.8, 4) is 0 Å². The van der Waals surface area contributed by atoms with Gasteiger partial charge < -0.3 is 10.6 Å². The SMILES string of the molecule is CCn1nccc1C1NC(=O)CCC1NC(=O)Cc1cc(C)ccc1F. The molecule has 0 aliphatic carbocycles. The molecule has 0 radical (unpaired) electrons. The number of rotatable bonds is 5. The van der Waals surface area contributed by atoms with Crippen molar-refractivity contribution >= 4 is 11.8 Å². The molecule has 2 amide bonds.